The van der Waals surface area contributed by atoms with Crippen molar-refractivity contribution >= 4 is 30.0 Å². The van der Waals surface area contributed by atoms with Gasteiger partial charge in [0.1, 0.15) is 11.0 Å². The van der Waals surface area contributed by atoms with Gasteiger partial charge in [-0.1, -0.05) is 17.7 Å². The normalized spacial score (nSPS) is 21.8. The number of nitrogens with two attached hydrogens (primary N) is 1. The predicted molar refractivity (Wildman–Crippen MR) is 69.4 cm³/mol. The number of anilines is 1. The van der Waals surface area contributed by atoms with Crippen molar-refractivity contribution in [1.29, 1.82) is 0 Å². The van der Waals surface area contributed by atoms with Crippen LogP contribution in [0.4, 0.5) is 5.82 Å². The third-order valence-corrected chi connectivity index (χ3v) is 3.64. The quantitative estimate of drug-likeness (QED) is 0.611. The highest BCUT2D eigenvalue weighted by atomic mass is 35.5. The molecule has 2 heterocycles. The number of nitrogen functional groups attached to an aromatic ring is 1. The van der Waals surface area contributed by atoms with Crippen LogP contribution in [0.3, 0.4) is 0 Å². The third kappa shape index (κ3) is 2.15. The SMILES string of the molecule is CC1(C)OB(c2ccc(Cl)nc2N)OC1(C)C. The Labute approximate surface area is 107 Å². The van der Waals surface area contributed by atoms with Crippen molar-refractivity contribution in [3.05, 3.63) is 17.3 Å². The van der Waals surface area contributed by atoms with Gasteiger partial charge >= 0.3 is 7.12 Å². The number of aromatic nitrogens is 1. The van der Waals surface area contributed by atoms with Gasteiger partial charge in [-0.25, -0.2) is 4.98 Å². The molecule has 0 bridgehead atoms. The smallest absolute Gasteiger partial charge is 0.399 e. The molecule has 2 rings (SSSR count). The molecule has 0 aromatic carbocycles. The summed E-state index contributed by atoms with van der Waals surface area (Å²) in [4.78, 5) is 4.00. The molecule has 17 heavy (non-hydrogen) atoms. The second-order valence-corrected chi connectivity index (χ2v) is 5.58. The van der Waals surface area contributed by atoms with E-state index in [4.69, 9.17) is 26.6 Å². The van der Waals surface area contributed by atoms with Crippen LogP contribution in [0.1, 0.15) is 27.7 Å². The maximum Gasteiger partial charge on any atom is 0.498 e. The number of hydrogen-bond donors (Lipinski definition) is 1. The van der Waals surface area contributed by atoms with E-state index in [0.29, 0.717) is 16.4 Å². The fourth-order valence-corrected chi connectivity index (χ4v) is 1.78. The fraction of sp³-hybridized carbons (Fsp3) is 0.545. The van der Waals surface area contributed by atoms with Crippen LogP contribution in [0, 0.1) is 0 Å². The van der Waals surface area contributed by atoms with Crippen molar-refractivity contribution in [2.75, 3.05) is 5.73 Å². The van der Waals surface area contributed by atoms with E-state index in [2.05, 4.69) is 4.98 Å². The molecular formula is C11H16BClN2O2. The highest BCUT2D eigenvalue weighted by Crippen LogP contribution is 2.36. The van der Waals surface area contributed by atoms with Gasteiger partial charge in [-0.05, 0) is 33.8 Å². The molecule has 0 spiro atoms. The fourth-order valence-electron chi connectivity index (χ4n) is 1.63. The molecule has 1 aromatic rings. The molecule has 1 aromatic heterocycles. The van der Waals surface area contributed by atoms with Crippen molar-refractivity contribution in [2.45, 2.75) is 38.9 Å². The van der Waals surface area contributed by atoms with E-state index in [9.17, 15) is 0 Å². The number of nitrogens with zero attached hydrogens (tertiary/aromatic N) is 1. The average Bonchev–Trinajstić information content (AvgIpc) is 2.35. The Morgan fingerprint density at radius 2 is 1.71 bits per heavy atom. The van der Waals surface area contributed by atoms with E-state index in [1.54, 1.807) is 12.1 Å². The van der Waals surface area contributed by atoms with E-state index in [1.807, 2.05) is 27.7 Å². The van der Waals surface area contributed by atoms with Crippen molar-refractivity contribution < 1.29 is 9.31 Å². The largest absolute Gasteiger partial charge is 0.498 e. The number of halogens is 1. The zero-order valence-electron chi connectivity index (χ0n) is 10.5. The Morgan fingerprint density at radius 3 is 2.18 bits per heavy atom. The number of hydrogen-bond acceptors (Lipinski definition) is 4. The first kappa shape index (κ1) is 12.7. The molecular weight excluding hydrogens is 238 g/mol. The number of rotatable bonds is 1. The van der Waals surface area contributed by atoms with Crippen LogP contribution in [0.2, 0.25) is 5.15 Å². The Balaban J connectivity index is 2.32. The van der Waals surface area contributed by atoms with Crippen LogP contribution >= 0.6 is 11.6 Å². The molecule has 2 N–H and O–H groups in total. The topological polar surface area (TPSA) is 57.4 Å². The zero-order chi connectivity index (χ0) is 12.8. The molecule has 0 unspecified atom stereocenters. The lowest BCUT2D eigenvalue weighted by atomic mass is 9.79. The Kier molecular flexibility index (Phi) is 2.88. The summed E-state index contributed by atoms with van der Waals surface area (Å²) >= 11 is 5.76. The monoisotopic (exact) mass is 254 g/mol. The van der Waals surface area contributed by atoms with Crippen molar-refractivity contribution in [2.24, 2.45) is 0 Å². The first-order valence-corrected chi connectivity index (χ1v) is 5.88. The Bertz CT molecular complexity index is 435. The van der Waals surface area contributed by atoms with Gasteiger partial charge in [-0.15, -0.1) is 0 Å². The predicted octanol–water partition coefficient (Wildman–Crippen LogP) is 1.62. The molecule has 1 saturated heterocycles. The summed E-state index contributed by atoms with van der Waals surface area (Å²) in [5.41, 5.74) is 5.77. The average molecular weight is 255 g/mol. The molecule has 0 atom stereocenters. The molecule has 0 amide bonds. The molecule has 1 aliphatic heterocycles. The van der Waals surface area contributed by atoms with E-state index in [1.165, 1.54) is 0 Å². The van der Waals surface area contributed by atoms with Crippen LogP contribution in [0.25, 0.3) is 0 Å². The molecule has 1 fully saturated rings. The highest BCUT2D eigenvalue weighted by Gasteiger charge is 2.52. The van der Waals surface area contributed by atoms with E-state index in [0.717, 1.165) is 0 Å². The second-order valence-electron chi connectivity index (χ2n) is 5.20. The van der Waals surface area contributed by atoms with Gasteiger partial charge in [-0.2, -0.15) is 0 Å². The minimum absolute atomic E-state index is 0.344. The Hall–Kier alpha value is -0.775. The molecule has 1 aliphatic rings. The van der Waals surface area contributed by atoms with Gasteiger partial charge in [0.2, 0.25) is 0 Å². The lowest BCUT2D eigenvalue weighted by Gasteiger charge is -2.32. The molecule has 92 valence electrons. The summed E-state index contributed by atoms with van der Waals surface area (Å²) in [6.45, 7) is 7.97. The van der Waals surface area contributed by atoms with E-state index in [-0.39, 0.29) is 11.2 Å². The number of pyridine rings is 1. The molecule has 0 aliphatic carbocycles. The van der Waals surface area contributed by atoms with E-state index < -0.39 is 7.12 Å². The van der Waals surface area contributed by atoms with Gasteiger partial charge in [0.25, 0.3) is 0 Å². The maximum atomic E-state index is 5.89. The minimum atomic E-state index is -0.496. The summed E-state index contributed by atoms with van der Waals surface area (Å²) in [5.74, 6) is 0.344. The third-order valence-electron chi connectivity index (χ3n) is 3.43. The first-order chi connectivity index (χ1) is 7.73. The van der Waals surface area contributed by atoms with E-state index >= 15 is 0 Å². The van der Waals surface area contributed by atoms with Crippen LogP contribution in [-0.4, -0.2) is 23.3 Å². The minimum Gasteiger partial charge on any atom is -0.399 e. The molecule has 0 radical (unpaired) electrons. The standard InChI is InChI=1S/C11H16BClN2O2/c1-10(2)11(3,4)17-12(16-10)7-5-6-8(13)15-9(7)14/h5-6H,1-4H3,(H2,14,15). The van der Waals surface area contributed by atoms with Gasteiger partial charge < -0.3 is 15.0 Å². The lowest BCUT2D eigenvalue weighted by molar-refractivity contribution is 0.00578. The molecule has 6 heteroatoms. The maximum absolute atomic E-state index is 5.89. The van der Waals surface area contributed by atoms with Crippen LogP contribution in [0.5, 0.6) is 0 Å². The van der Waals surface area contributed by atoms with Crippen molar-refractivity contribution in [3.63, 3.8) is 0 Å². The van der Waals surface area contributed by atoms with Crippen molar-refractivity contribution in [3.8, 4) is 0 Å². The highest BCUT2D eigenvalue weighted by molar-refractivity contribution is 6.63. The van der Waals surface area contributed by atoms with Crippen LogP contribution in [0.15, 0.2) is 12.1 Å². The van der Waals surface area contributed by atoms with Gasteiger partial charge in [-0.3, -0.25) is 0 Å². The summed E-state index contributed by atoms with van der Waals surface area (Å²) in [6, 6.07) is 3.46. The lowest BCUT2D eigenvalue weighted by Crippen LogP contribution is -2.41. The summed E-state index contributed by atoms with van der Waals surface area (Å²) in [5, 5.41) is 0.364. The van der Waals surface area contributed by atoms with Crippen LogP contribution < -0.4 is 11.2 Å². The van der Waals surface area contributed by atoms with Gasteiger partial charge in [0.05, 0.1) is 11.2 Å². The Morgan fingerprint density at radius 1 is 1.18 bits per heavy atom. The summed E-state index contributed by atoms with van der Waals surface area (Å²) in [6.07, 6.45) is 0. The zero-order valence-corrected chi connectivity index (χ0v) is 11.2. The first-order valence-electron chi connectivity index (χ1n) is 5.50. The summed E-state index contributed by atoms with van der Waals surface area (Å²) in [7, 11) is -0.496. The molecule has 4 nitrogen and oxygen atoms in total. The summed E-state index contributed by atoms with van der Waals surface area (Å²) < 4.78 is 11.8. The van der Waals surface area contributed by atoms with Gasteiger partial charge in [0.15, 0.2) is 0 Å². The van der Waals surface area contributed by atoms with Gasteiger partial charge in [0, 0.05) is 5.46 Å². The molecule has 0 saturated carbocycles. The second kappa shape index (κ2) is 3.87. The van der Waals surface area contributed by atoms with Crippen molar-refractivity contribution in [1.82, 2.24) is 4.98 Å². The van der Waals surface area contributed by atoms with Crippen LogP contribution in [-0.2, 0) is 9.31 Å².